The molecule has 0 saturated carbocycles. The van der Waals surface area contributed by atoms with E-state index in [-0.39, 0.29) is 5.91 Å². The molecule has 3 rings (SSSR count). The molecule has 0 saturated heterocycles. The van der Waals surface area contributed by atoms with Crippen molar-refractivity contribution in [3.63, 3.8) is 0 Å². The Kier molecular flexibility index (Phi) is 3.59. The number of carbonyl (C=O) groups excluding carboxylic acids is 1. The molecule has 3 nitrogen and oxygen atoms in total. The maximum absolute atomic E-state index is 12.2. The molecule has 0 bridgehead atoms. The van der Waals surface area contributed by atoms with Gasteiger partial charge in [0.25, 0.3) is 5.91 Å². The van der Waals surface area contributed by atoms with E-state index in [0.29, 0.717) is 6.54 Å². The largest absolute Gasteiger partial charge is 0.347 e. The van der Waals surface area contributed by atoms with Gasteiger partial charge in [0.2, 0.25) is 0 Å². The number of aryl methyl sites for hydroxylation is 2. The predicted octanol–water partition coefficient (Wildman–Crippen LogP) is 2.90. The van der Waals surface area contributed by atoms with Crippen LogP contribution in [0.25, 0.3) is 0 Å². The minimum atomic E-state index is 0.00315. The SMILES string of the molecule is Cc1cc(CNC(=O)c2ccc3c(c2)CNC3)sc1C. The Hall–Kier alpha value is -1.65. The smallest absolute Gasteiger partial charge is 0.251 e. The molecule has 1 aliphatic heterocycles. The number of hydrogen-bond donors (Lipinski definition) is 2. The number of fused-ring (bicyclic) bond motifs is 1. The summed E-state index contributed by atoms with van der Waals surface area (Å²) in [6.07, 6.45) is 0. The van der Waals surface area contributed by atoms with E-state index >= 15 is 0 Å². The highest BCUT2D eigenvalue weighted by Crippen LogP contribution is 2.21. The molecule has 104 valence electrons. The second-order valence-electron chi connectivity index (χ2n) is 5.22. The monoisotopic (exact) mass is 286 g/mol. The maximum atomic E-state index is 12.2. The number of hydrogen-bond acceptors (Lipinski definition) is 3. The molecular weight excluding hydrogens is 268 g/mol. The standard InChI is InChI=1S/C16H18N2OS/c1-10-5-15(20-11(10)2)9-18-16(19)12-3-4-13-7-17-8-14(13)6-12/h3-6,17H,7-9H2,1-2H3,(H,18,19). The molecule has 0 aliphatic carbocycles. The van der Waals surface area contributed by atoms with Crippen molar-refractivity contribution in [3.05, 3.63) is 56.3 Å². The number of benzene rings is 1. The zero-order valence-corrected chi connectivity index (χ0v) is 12.6. The number of amides is 1. The van der Waals surface area contributed by atoms with Crippen molar-refractivity contribution >= 4 is 17.2 Å². The Bertz CT molecular complexity index is 641. The first-order valence-corrected chi connectivity index (χ1v) is 7.62. The minimum absolute atomic E-state index is 0.00315. The van der Waals surface area contributed by atoms with Gasteiger partial charge in [-0.3, -0.25) is 4.79 Å². The number of carbonyl (C=O) groups is 1. The van der Waals surface area contributed by atoms with Crippen molar-refractivity contribution in [2.45, 2.75) is 33.5 Å². The van der Waals surface area contributed by atoms with Gasteiger partial charge >= 0.3 is 0 Å². The van der Waals surface area contributed by atoms with Gasteiger partial charge < -0.3 is 10.6 Å². The van der Waals surface area contributed by atoms with Crippen molar-refractivity contribution in [1.29, 1.82) is 0 Å². The lowest BCUT2D eigenvalue weighted by Crippen LogP contribution is -2.22. The first kappa shape index (κ1) is 13.3. The lowest BCUT2D eigenvalue weighted by atomic mass is 10.1. The summed E-state index contributed by atoms with van der Waals surface area (Å²) in [5, 5.41) is 6.29. The number of rotatable bonds is 3. The molecule has 1 aromatic heterocycles. The van der Waals surface area contributed by atoms with E-state index in [1.54, 1.807) is 11.3 Å². The third kappa shape index (κ3) is 2.62. The Morgan fingerprint density at radius 3 is 2.80 bits per heavy atom. The van der Waals surface area contributed by atoms with Crippen molar-refractivity contribution in [1.82, 2.24) is 10.6 Å². The van der Waals surface area contributed by atoms with Crippen LogP contribution in [0.3, 0.4) is 0 Å². The Balaban J connectivity index is 1.67. The van der Waals surface area contributed by atoms with Gasteiger partial charge in [-0.25, -0.2) is 0 Å². The van der Waals surface area contributed by atoms with E-state index in [1.165, 1.54) is 26.4 Å². The first-order valence-electron chi connectivity index (χ1n) is 6.80. The second kappa shape index (κ2) is 5.38. The average molecular weight is 286 g/mol. The van der Waals surface area contributed by atoms with Gasteiger partial charge in [-0.15, -0.1) is 11.3 Å². The normalized spacial score (nSPS) is 13.3. The molecule has 0 radical (unpaired) electrons. The topological polar surface area (TPSA) is 41.1 Å². The molecule has 0 fully saturated rings. The van der Waals surface area contributed by atoms with E-state index in [2.05, 4.69) is 30.5 Å². The first-order chi connectivity index (χ1) is 9.63. The molecule has 1 amide bonds. The summed E-state index contributed by atoms with van der Waals surface area (Å²) in [6.45, 7) is 6.59. The second-order valence-corrected chi connectivity index (χ2v) is 6.56. The molecule has 4 heteroatoms. The lowest BCUT2D eigenvalue weighted by molar-refractivity contribution is 0.0951. The Morgan fingerprint density at radius 1 is 1.25 bits per heavy atom. The summed E-state index contributed by atoms with van der Waals surface area (Å²) in [4.78, 5) is 14.7. The number of thiophene rings is 1. The fraction of sp³-hybridized carbons (Fsp3) is 0.312. The van der Waals surface area contributed by atoms with Crippen molar-refractivity contribution < 1.29 is 4.79 Å². The van der Waals surface area contributed by atoms with Crippen LogP contribution in [0.5, 0.6) is 0 Å². The summed E-state index contributed by atoms with van der Waals surface area (Å²) in [6, 6.07) is 8.10. The average Bonchev–Trinajstić information content (AvgIpc) is 3.02. The summed E-state index contributed by atoms with van der Waals surface area (Å²) in [7, 11) is 0. The van der Waals surface area contributed by atoms with Crippen LogP contribution < -0.4 is 10.6 Å². The summed E-state index contributed by atoms with van der Waals surface area (Å²) >= 11 is 1.75. The highest BCUT2D eigenvalue weighted by Gasteiger charge is 2.13. The molecule has 0 unspecified atom stereocenters. The van der Waals surface area contributed by atoms with Crippen LogP contribution in [0.15, 0.2) is 24.3 Å². The van der Waals surface area contributed by atoms with Crippen LogP contribution in [-0.4, -0.2) is 5.91 Å². The zero-order chi connectivity index (χ0) is 14.1. The fourth-order valence-corrected chi connectivity index (χ4v) is 3.44. The molecule has 2 N–H and O–H groups in total. The molecule has 0 atom stereocenters. The third-order valence-corrected chi connectivity index (χ3v) is 4.89. The Labute approximate surface area is 123 Å². The van der Waals surface area contributed by atoms with Crippen LogP contribution >= 0.6 is 11.3 Å². The highest BCUT2D eigenvalue weighted by molar-refractivity contribution is 7.12. The van der Waals surface area contributed by atoms with Gasteiger partial charge in [-0.1, -0.05) is 6.07 Å². The van der Waals surface area contributed by atoms with Crippen LogP contribution in [0.2, 0.25) is 0 Å². The van der Waals surface area contributed by atoms with Crippen LogP contribution in [-0.2, 0) is 19.6 Å². The van der Waals surface area contributed by atoms with Gasteiger partial charge in [0, 0.05) is 28.4 Å². The van der Waals surface area contributed by atoms with E-state index < -0.39 is 0 Å². The summed E-state index contributed by atoms with van der Waals surface area (Å²) in [5.74, 6) is 0.00315. The van der Waals surface area contributed by atoms with Gasteiger partial charge in [0.15, 0.2) is 0 Å². The minimum Gasteiger partial charge on any atom is -0.347 e. The van der Waals surface area contributed by atoms with Crippen LogP contribution in [0.4, 0.5) is 0 Å². The molecule has 20 heavy (non-hydrogen) atoms. The van der Waals surface area contributed by atoms with Crippen molar-refractivity contribution in [3.8, 4) is 0 Å². The van der Waals surface area contributed by atoms with E-state index in [9.17, 15) is 4.79 Å². The van der Waals surface area contributed by atoms with Gasteiger partial charge in [-0.05, 0) is 48.7 Å². The number of nitrogens with one attached hydrogen (secondary N) is 2. The molecule has 0 spiro atoms. The van der Waals surface area contributed by atoms with Crippen molar-refractivity contribution in [2.75, 3.05) is 0 Å². The fourth-order valence-electron chi connectivity index (χ4n) is 2.44. The lowest BCUT2D eigenvalue weighted by Gasteiger charge is -2.05. The molecule has 2 heterocycles. The molecule has 2 aromatic rings. The van der Waals surface area contributed by atoms with Crippen LogP contribution in [0.1, 0.15) is 36.8 Å². The quantitative estimate of drug-likeness (QED) is 0.911. The van der Waals surface area contributed by atoms with Gasteiger partial charge in [0.1, 0.15) is 0 Å². The van der Waals surface area contributed by atoms with Crippen LogP contribution in [0, 0.1) is 13.8 Å². The van der Waals surface area contributed by atoms with Gasteiger partial charge in [-0.2, -0.15) is 0 Å². The summed E-state index contributed by atoms with van der Waals surface area (Å²) in [5.41, 5.74) is 4.58. The molecule has 1 aromatic carbocycles. The van der Waals surface area contributed by atoms with Crippen molar-refractivity contribution in [2.24, 2.45) is 0 Å². The highest BCUT2D eigenvalue weighted by atomic mass is 32.1. The van der Waals surface area contributed by atoms with E-state index in [1.807, 2.05) is 18.2 Å². The Morgan fingerprint density at radius 2 is 2.05 bits per heavy atom. The third-order valence-electron chi connectivity index (χ3n) is 3.74. The maximum Gasteiger partial charge on any atom is 0.251 e. The predicted molar refractivity (Wildman–Crippen MR) is 81.9 cm³/mol. The zero-order valence-electron chi connectivity index (χ0n) is 11.7. The molecular formula is C16H18N2OS. The molecule has 1 aliphatic rings. The van der Waals surface area contributed by atoms with Gasteiger partial charge in [0.05, 0.1) is 6.54 Å². The van der Waals surface area contributed by atoms with E-state index in [0.717, 1.165) is 18.7 Å². The summed E-state index contributed by atoms with van der Waals surface area (Å²) < 4.78 is 0. The van der Waals surface area contributed by atoms with E-state index in [4.69, 9.17) is 0 Å².